The number of carbonyl (C=O) groups is 1. The van der Waals surface area contributed by atoms with Crippen molar-refractivity contribution < 1.29 is 18.0 Å². The molecule has 1 aliphatic rings. The van der Waals surface area contributed by atoms with Gasteiger partial charge in [0.2, 0.25) is 5.91 Å². The second-order valence-electron chi connectivity index (χ2n) is 7.89. The Kier molecular flexibility index (Phi) is 6.37. The van der Waals surface area contributed by atoms with Crippen LogP contribution in [0.4, 0.5) is 18.9 Å². The van der Waals surface area contributed by atoms with Gasteiger partial charge in [-0.3, -0.25) is 9.69 Å². The van der Waals surface area contributed by atoms with Gasteiger partial charge in [0.15, 0.2) is 0 Å². The Bertz CT molecular complexity index is 1070. The third kappa shape index (κ3) is 5.33. The molecule has 6 heteroatoms. The summed E-state index contributed by atoms with van der Waals surface area (Å²) < 4.78 is 40.4. The van der Waals surface area contributed by atoms with Gasteiger partial charge in [-0.25, -0.2) is 13.2 Å². The van der Waals surface area contributed by atoms with Crippen molar-refractivity contribution in [3.63, 3.8) is 0 Å². The summed E-state index contributed by atoms with van der Waals surface area (Å²) in [5, 5.41) is 2.86. The van der Waals surface area contributed by atoms with Crippen molar-refractivity contribution in [2.45, 2.75) is 19.4 Å². The Balaban J connectivity index is 1.41. The van der Waals surface area contributed by atoms with Crippen LogP contribution in [-0.4, -0.2) is 23.9 Å². The Morgan fingerprint density at radius 1 is 0.968 bits per heavy atom. The van der Waals surface area contributed by atoms with Crippen molar-refractivity contribution >= 4 is 11.6 Å². The largest absolute Gasteiger partial charge is 0.326 e. The predicted octanol–water partition coefficient (Wildman–Crippen LogP) is 5.62. The molecule has 1 heterocycles. The molecule has 0 radical (unpaired) electrons. The number of hydrogen-bond acceptors (Lipinski definition) is 2. The van der Waals surface area contributed by atoms with Crippen LogP contribution in [-0.2, 0) is 11.3 Å². The molecule has 1 fully saturated rings. The number of carbonyl (C=O) groups excluding carboxylic acids is 1. The summed E-state index contributed by atoms with van der Waals surface area (Å²) in [7, 11) is 0. The molecule has 1 saturated heterocycles. The highest BCUT2D eigenvalue weighted by Crippen LogP contribution is 2.26. The second-order valence-corrected chi connectivity index (χ2v) is 7.89. The summed E-state index contributed by atoms with van der Waals surface area (Å²) >= 11 is 0. The zero-order valence-electron chi connectivity index (χ0n) is 17.0. The monoisotopic (exact) mass is 424 g/mol. The summed E-state index contributed by atoms with van der Waals surface area (Å²) in [6, 6.07) is 16.8. The van der Waals surface area contributed by atoms with Gasteiger partial charge in [0.05, 0.1) is 5.92 Å². The standard InChI is InChI=1S/C25H23F3N2O/c26-20-6-9-22(10-7-20)29-25(31)19-5-2-12-30(16-19)15-17-3-1-4-18(13-17)23-11-8-21(27)14-24(23)28/h1,3-4,6-11,13-14,19H,2,5,12,15-16H2,(H,29,31). The van der Waals surface area contributed by atoms with Crippen molar-refractivity contribution in [2.24, 2.45) is 5.92 Å². The lowest BCUT2D eigenvalue weighted by Crippen LogP contribution is -2.40. The number of nitrogens with one attached hydrogen (secondary N) is 1. The molecule has 0 aliphatic carbocycles. The van der Waals surface area contributed by atoms with Crippen LogP contribution in [0, 0.1) is 23.4 Å². The molecular weight excluding hydrogens is 401 g/mol. The molecular formula is C25H23F3N2O. The van der Waals surface area contributed by atoms with Gasteiger partial charge in [-0.1, -0.05) is 18.2 Å². The SMILES string of the molecule is O=C(Nc1ccc(F)cc1)C1CCCN(Cc2cccc(-c3ccc(F)cc3F)c2)C1. The molecule has 4 rings (SSSR count). The van der Waals surface area contributed by atoms with Crippen LogP contribution in [0.3, 0.4) is 0 Å². The van der Waals surface area contributed by atoms with E-state index in [0.29, 0.717) is 29.9 Å². The van der Waals surface area contributed by atoms with Gasteiger partial charge < -0.3 is 5.32 Å². The number of rotatable bonds is 5. The van der Waals surface area contributed by atoms with Crippen LogP contribution in [0.5, 0.6) is 0 Å². The van der Waals surface area contributed by atoms with E-state index in [1.54, 1.807) is 18.2 Å². The Labute approximate surface area is 179 Å². The van der Waals surface area contributed by atoms with E-state index in [0.717, 1.165) is 31.0 Å². The molecule has 0 spiro atoms. The van der Waals surface area contributed by atoms with E-state index in [1.807, 2.05) is 18.2 Å². The highest BCUT2D eigenvalue weighted by atomic mass is 19.1. The van der Waals surface area contributed by atoms with Crippen molar-refractivity contribution in [1.82, 2.24) is 4.90 Å². The lowest BCUT2D eigenvalue weighted by Gasteiger charge is -2.32. The number of amides is 1. The van der Waals surface area contributed by atoms with Crippen LogP contribution in [0.25, 0.3) is 11.1 Å². The minimum atomic E-state index is -0.601. The first-order chi connectivity index (χ1) is 15.0. The molecule has 1 unspecified atom stereocenters. The molecule has 1 amide bonds. The summed E-state index contributed by atoms with van der Waals surface area (Å²) in [6.07, 6.45) is 1.69. The molecule has 1 atom stereocenters. The summed E-state index contributed by atoms with van der Waals surface area (Å²) in [6.45, 7) is 2.12. The number of piperidine rings is 1. The summed E-state index contributed by atoms with van der Waals surface area (Å²) in [5.74, 6) is -1.76. The first-order valence-electron chi connectivity index (χ1n) is 10.3. The van der Waals surface area contributed by atoms with E-state index >= 15 is 0 Å². The number of anilines is 1. The number of benzene rings is 3. The third-order valence-corrected chi connectivity index (χ3v) is 5.56. The van der Waals surface area contributed by atoms with Gasteiger partial charge in [0, 0.05) is 30.4 Å². The Hall–Kier alpha value is -3.12. The van der Waals surface area contributed by atoms with E-state index in [1.165, 1.54) is 24.3 Å². The van der Waals surface area contributed by atoms with E-state index in [9.17, 15) is 18.0 Å². The fraction of sp³-hybridized carbons (Fsp3) is 0.240. The zero-order valence-corrected chi connectivity index (χ0v) is 17.0. The maximum absolute atomic E-state index is 14.2. The van der Waals surface area contributed by atoms with Gasteiger partial charge >= 0.3 is 0 Å². The maximum Gasteiger partial charge on any atom is 0.228 e. The van der Waals surface area contributed by atoms with Crippen molar-refractivity contribution in [2.75, 3.05) is 18.4 Å². The lowest BCUT2D eigenvalue weighted by molar-refractivity contribution is -0.121. The summed E-state index contributed by atoms with van der Waals surface area (Å²) in [5.41, 5.74) is 2.63. The number of hydrogen-bond donors (Lipinski definition) is 1. The van der Waals surface area contributed by atoms with E-state index < -0.39 is 11.6 Å². The van der Waals surface area contributed by atoms with Gasteiger partial charge in [-0.2, -0.15) is 0 Å². The van der Waals surface area contributed by atoms with Gasteiger partial charge in [-0.05, 0) is 73.0 Å². The van der Waals surface area contributed by atoms with E-state index in [2.05, 4.69) is 10.2 Å². The number of likely N-dealkylation sites (tertiary alicyclic amines) is 1. The molecule has 160 valence electrons. The maximum atomic E-state index is 14.2. The molecule has 1 N–H and O–H groups in total. The van der Waals surface area contributed by atoms with Crippen molar-refractivity contribution in [3.8, 4) is 11.1 Å². The van der Waals surface area contributed by atoms with Crippen LogP contribution in [0.2, 0.25) is 0 Å². The topological polar surface area (TPSA) is 32.3 Å². The molecule has 3 nitrogen and oxygen atoms in total. The first kappa shape index (κ1) is 21.1. The van der Waals surface area contributed by atoms with Gasteiger partial charge in [-0.15, -0.1) is 0 Å². The lowest BCUT2D eigenvalue weighted by atomic mass is 9.96. The molecule has 0 saturated carbocycles. The van der Waals surface area contributed by atoms with Crippen molar-refractivity contribution in [3.05, 3.63) is 89.7 Å². The average molecular weight is 424 g/mol. The molecule has 0 aromatic heterocycles. The van der Waals surface area contributed by atoms with Crippen LogP contribution in [0.1, 0.15) is 18.4 Å². The average Bonchev–Trinajstić information content (AvgIpc) is 2.76. The van der Waals surface area contributed by atoms with Crippen LogP contribution >= 0.6 is 0 Å². The first-order valence-corrected chi connectivity index (χ1v) is 10.3. The van der Waals surface area contributed by atoms with Gasteiger partial charge in [0.1, 0.15) is 17.5 Å². The fourth-order valence-corrected chi connectivity index (χ4v) is 4.01. The number of nitrogens with zero attached hydrogens (tertiary/aromatic N) is 1. The summed E-state index contributed by atoms with van der Waals surface area (Å²) in [4.78, 5) is 14.9. The molecule has 31 heavy (non-hydrogen) atoms. The number of halogens is 3. The predicted molar refractivity (Wildman–Crippen MR) is 115 cm³/mol. The smallest absolute Gasteiger partial charge is 0.228 e. The van der Waals surface area contributed by atoms with E-state index in [4.69, 9.17) is 0 Å². The van der Waals surface area contributed by atoms with E-state index in [-0.39, 0.29) is 17.6 Å². The fourth-order valence-electron chi connectivity index (χ4n) is 4.01. The second kappa shape index (κ2) is 9.35. The highest BCUT2D eigenvalue weighted by Gasteiger charge is 2.26. The minimum absolute atomic E-state index is 0.0709. The Morgan fingerprint density at radius 3 is 2.52 bits per heavy atom. The molecule has 0 bridgehead atoms. The zero-order chi connectivity index (χ0) is 21.8. The third-order valence-electron chi connectivity index (χ3n) is 5.56. The molecule has 1 aliphatic heterocycles. The Morgan fingerprint density at radius 2 is 1.74 bits per heavy atom. The van der Waals surface area contributed by atoms with Crippen LogP contribution < -0.4 is 5.32 Å². The van der Waals surface area contributed by atoms with Crippen LogP contribution in [0.15, 0.2) is 66.7 Å². The quantitative estimate of drug-likeness (QED) is 0.576. The molecule has 3 aromatic carbocycles. The highest BCUT2D eigenvalue weighted by molar-refractivity contribution is 5.92. The molecule has 3 aromatic rings. The van der Waals surface area contributed by atoms with Gasteiger partial charge in [0.25, 0.3) is 0 Å². The minimum Gasteiger partial charge on any atom is -0.326 e. The van der Waals surface area contributed by atoms with Crippen molar-refractivity contribution in [1.29, 1.82) is 0 Å². The normalized spacial score (nSPS) is 16.8.